The predicted octanol–water partition coefficient (Wildman–Crippen LogP) is 2.47. The lowest BCUT2D eigenvalue weighted by Gasteiger charge is -2.37. The van der Waals surface area contributed by atoms with Gasteiger partial charge in [-0.3, -0.25) is 9.59 Å². The zero-order valence-corrected chi connectivity index (χ0v) is 14.0. The van der Waals surface area contributed by atoms with Crippen LogP contribution in [0.4, 0.5) is 0 Å². The maximum atomic E-state index is 12.8. The van der Waals surface area contributed by atoms with Crippen molar-refractivity contribution in [1.29, 1.82) is 0 Å². The van der Waals surface area contributed by atoms with E-state index in [9.17, 15) is 9.59 Å². The van der Waals surface area contributed by atoms with Crippen LogP contribution in [0.1, 0.15) is 18.9 Å². The zero-order valence-electron chi connectivity index (χ0n) is 14.0. The van der Waals surface area contributed by atoms with E-state index in [0.717, 1.165) is 16.3 Å². The van der Waals surface area contributed by atoms with Gasteiger partial charge in [0, 0.05) is 0 Å². The molecule has 4 aliphatic carbocycles. The van der Waals surface area contributed by atoms with Crippen molar-refractivity contribution in [2.45, 2.75) is 13.3 Å². The van der Waals surface area contributed by atoms with Gasteiger partial charge in [0.2, 0.25) is 0 Å². The van der Waals surface area contributed by atoms with E-state index in [2.05, 4.69) is 17.3 Å². The summed E-state index contributed by atoms with van der Waals surface area (Å²) in [4.78, 5) is 25.6. The third-order valence-electron chi connectivity index (χ3n) is 6.15. The number of ether oxygens (including phenoxy) is 1. The second-order valence-corrected chi connectivity index (χ2v) is 7.39. The van der Waals surface area contributed by atoms with E-state index < -0.39 is 0 Å². The summed E-state index contributed by atoms with van der Waals surface area (Å²) < 4.78 is 5.41. The monoisotopic (exact) mass is 336 g/mol. The molecule has 1 aromatic carbocycles. The van der Waals surface area contributed by atoms with Crippen molar-refractivity contribution in [3.05, 3.63) is 42.0 Å². The molecule has 0 N–H and O–H groups in total. The Balaban J connectivity index is 1.37. The molecule has 2 amide bonds. The van der Waals surface area contributed by atoms with E-state index in [-0.39, 0.29) is 35.5 Å². The van der Waals surface area contributed by atoms with Crippen molar-refractivity contribution >= 4 is 18.0 Å². The standard InChI is InChI=1S/C20H20N2O3/c1-2-25-12-5-3-11(4-6-12)10-21-22-19(23)17-13-7-8-14(16-9-15(13)16)18(17)20(22)24/h3-8,10,13-18H,2,9H2,1H3/b21-10-/t13-,14-,15-,16+,17-,18+/m1/s1. The Labute approximate surface area is 146 Å². The van der Waals surface area contributed by atoms with Crippen LogP contribution in [0.25, 0.3) is 0 Å². The topological polar surface area (TPSA) is 59.0 Å². The SMILES string of the molecule is CCOc1ccc(/C=N\N2C(=O)[C@@H]3[C@@H]4C=C[C@H]([C@@H]5C[C@H]45)[C@@H]3C2=O)cc1. The van der Waals surface area contributed by atoms with Gasteiger partial charge in [0.25, 0.3) is 11.8 Å². The van der Waals surface area contributed by atoms with Gasteiger partial charge in [-0.2, -0.15) is 10.1 Å². The quantitative estimate of drug-likeness (QED) is 0.482. The highest BCUT2D eigenvalue weighted by Crippen LogP contribution is 2.65. The highest BCUT2D eigenvalue weighted by molar-refractivity contribution is 6.06. The van der Waals surface area contributed by atoms with Gasteiger partial charge in [-0.05, 0) is 66.8 Å². The first-order valence-corrected chi connectivity index (χ1v) is 9.02. The molecule has 5 aliphatic rings. The summed E-state index contributed by atoms with van der Waals surface area (Å²) in [6.45, 7) is 2.55. The molecule has 0 radical (unpaired) electrons. The molecule has 0 aromatic heterocycles. The Morgan fingerprint density at radius 2 is 1.68 bits per heavy atom. The summed E-state index contributed by atoms with van der Waals surface area (Å²) in [5, 5.41) is 5.35. The number of hydrogen-bond donors (Lipinski definition) is 0. The van der Waals surface area contributed by atoms with Crippen LogP contribution in [-0.4, -0.2) is 29.6 Å². The molecule has 2 saturated carbocycles. The minimum atomic E-state index is -0.191. The number of carbonyl (C=O) groups excluding carboxylic acids is 2. The molecule has 5 nitrogen and oxygen atoms in total. The number of amides is 2. The summed E-state index contributed by atoms with van der Waals surface area (Å²) >= 11 is 0. The van der Waals surface area contributed by atoms with Crippen LogP contribution < -0.4 is 4.74 Å². The van der Waals surface area contributed by atoms with Crippen molar-refractivity contribution in [3.8, 4) is 5.75 Å². The lowest BCUT2D eigenvalue weighted by atomic mass is 9.63. The molecular weight excluding hydrogens is 316 g/mol. The van der Waals surface area contributed by atoms with Crippen LogP contribution in [0.5, 0.6) is 5.75 Å². The first-order valence-electron chi connectivity index (χ1n) is 9.02. The number of imide groups is 1. The molecular formula is C20H20N2O3. The number of nitrogens with zero attached hydrogens (tertiary/aromatic N) is 2. The number of allylic oxidation sites excluding steroid dienone is 2. The first kappa shape index (κ1) is 14.9. The van der Waals surface area contributed by atoms with Crippen molar-refractivity contribution < 1.29 is 14.3 Å². The summed E-state index contributed by atoms with van der Waals surface area (Å²) in [5.41, 5.74) is 0.836. The van der Waals surface area contributed by atoms with Crippen LogP contribution in [0, 0.1) is 35.5 Å². The Kier molecular flexibility index (Phi) is 3.14. The Morgan fingerprint density at radius 1 is 1.08 bits per heavy atom. The van der Waals surface area contributed by atoms with Crippen LogP contribution in [0.2, 0.25) is 0 Å². The van der Waals surface area contributed by atoms with Gasteiger partial charge in [-0.1, -0.05) is 12.2 Å². The van der Waals surface area contributed by atoms with E-state index in [1.165, 1.54) is 6.42 Å². The number of hydrazone groups is 1. The predicted molar refractivity (Wildman–Crippen MR) is 91.8 cm³/mol. The van der Waals surface area contributed by atoms with Gasteiger partial charge < -0.3 is 4.74 Å². The van der Waals surface area contributed by atoms with E-state index in [0.29, 0.717) is 18.4 Å². The molecule has 25 heavy (non-hydrogen) atoms. The van der Waals surface area contributed by atoms with Gasteiger partial charge in [0.1, 0.15) is 5.75 Å². The molecule has 2 bridgehead atoms. The molecule has 5 heteroatoms. The van der Waals surface area contributed by atoms with Crippen molar-refractivity contribution in [2.75, 3.05) is 6.61 Å². The summed E-state index contributed by atoms with van der Waals surface area (Å²) in [6, 6.07) is 7.45. The Hall–Kier alpha value is -2.43. The zero-order chi connectivity index (χ0) is 17.1. The third-order valence-corrected chi connectivity index (χ3v) is 6.15. The van der Waals surface area contributed by atoms with E-state index in [1.54, 1.807) is 6.21 Å². The molecule has 0 spiro atoms. The Bertz CT molecular complexity index is 762. The largest absolute Gasteiger partial charge is 0.494 e. The lowest BCUT2D eigenvalue weighted by molar-refractivity contribution is -0.140. The van der Waals surface area contributed by atoms with Crippen molar-refractivity contribution in [2.24, 2.45) is 40.6 Å². The van der Waals surface area contributed by atoms with Gasteiger partial charge in [-0.25, -0.2) is 0 Å². The molecule has 3 fully saturated rings. The second-order valence-electron chi connectivity index (χ2n) is 7.39. The number of hydrogen-bond acceptors (Lipinski definition) is 4. The minimum Gasteiger partial charge on any atom is -0.494 e. The van der Waals surface area contributed by atoms with Crippen LogP contribution in [-0.2, 0) is 9.59 Å². The van der Waals surface area contributed by atoms with Gasteiger partial charge in [0.15, 0.2) is 0 Å². The fraction of sp³-hybridized carbons (Fsp3) is 0.450. The molecule has 1 saturated heterocycles. The molecule has 1 aliphatic heterocycles. The highest BCUT2D eigenvalue weighted by Gasteiger charge is 2.67. The van der Waals surface area contributed by atoms with E-state index >= 15 is 0 Å². The lowest BCUT2D eigenvalue weighted by Crippen LogP contribution is -2.40. The Morgan fingerprint density at radius 3 is 2.24 bits per heavy atom. The van der Waals surface area contributed by atoms with E-state index in [1.807, 2.05) is 31.2 Å². The number of benzene rings is 1. The van der Waals surface area contributed by atoms with Crippen molar-refractivity contribution in [1.82, 2.24) is 5.01 Å². The van der Waals surface area contributed by atoms with E-state index in [4.69, 9.17) is 4.74 Å². The third kappa shape index (κ3) is 2.11. The molecule has 6 atom stereocenters. The van der Waals surface area contributed by atoms with Gasteiger partial charge >= 0.3 is 0 Å². The maximum absolute atomic E-state index is 12.8. The molecule has 128 valence electrons. The normalized spacial score (nSPS) is 37.6. The fourth-order valence-electron chi connectivity index (χ4n) is 5.00. The molecule has 6 rings (SSSR count). The van der Waals surface area contributed by atoms with Gasteiger partial charge in [0.05, 0.1) is 24.7 Å². The number of rotatable bonds is 4. The smallest absolute Gasteiger partial charge is 0.254 e. The van der Waals surface area contributed by atoms with Crippen LogP contribution >= 0.6 is 0 Å². The number of carbonyl (C=O) groups is 2. The molecule has 1 aromatic rings. The minimum absolute atomic E-state index is 0.123. The van der Waals surface area contributed by atoms with Crippen molar-refractivity contribution in [3.63, 3.8) is 0 Å². The maximum Gasteiger partial charge on any atom is 0.254 e. The average molecular weight is 336 g/mol. The van der Waals surface area contributed by atoms with Crippen LogP contribution in [0.15, 0.2) is 41.5 Å². The summed E-state index contributed by atoms with van der Waals surface area (Å²) in [6.07, 6.45) is 7.10. The molecule has 0 unspecified atom stereocenters. The molecule has 1 heterocycles. The highest BCUT2D eigenvalue weighted by atomic mass is 16.5. The summed E-state index contributed by atoms with van der Waals surface area (Å²) in [5.74, 6) is 1.87. The summed E-state index contributed by atoms with van der Waals surface area (Å²) in [7, 11) is 0. The first-order chi connectivity index (χ1) is 12.2. The fourth-order valence-corrected chi connectivity index (χ4v) is 5.00. The second kappa shape index (κ2) is 5.28. The average Bonchev–Trinajstić information content (AvgIpc) is 3.41. The van der Waals surface area contributed by atoms with Crippen LogP contribution in [0.3, 0.4) is 0 Å². The van der Waals surface area contributed by atoms with Gasteiger partial charge in [-0.15, -0.1) is 0 Å².